The number of rotatable bonds is 5. The number of piperidine rings is 1. The quantitative estimate of drug-likeness (QED) is 0.708. The van der Waals surface area contributed by atoms with Gasteiger partial charge in [0.05, 0.1) is 12.3 Å². The average Bonchev–Trinajstić information content (AvgIpc) is 2.71. The summed E-state index contributed by atoms with van der Waals surface area (Å²) in [7, 11) is 0. The van der Waals surface area contributed by atoms with Crippen molar-refractivity contribution < 1.29 is 14.2 Å². The third-order valence-corrected chi connectivity index (χ3v) is 5.36. The molecular formula is C22H34N4O3S. The van der Waals surface area contributed by atoms with Crippen molar-refractivity contribution in [2.45, 2.75) is 47.1 Å². The molecule has 0 N–H and O–H groups in total. The first-order valence-electron chi connectivity index (χ1n) is 10.0. The first-order valence-corrected chi connectivity index (χ1v) is 10.0. The molecule has 1 saturated heterocycles. The highest BCUT2D eigenvalue weighted by Crippen LogP contribution is 2.32. The molecule has 2 aliphatic rings. The smallest absolute Gasteiger partial charge is 0.257 e. The Hall–Kier alpha value is -2.06. The topological polar surface area (TPSA) is 69.6 Å². The van der Waals surface area contributed by atoms with Gasteiger partial charge in [0.2, 0.25) is 5.88 Å². The molecule has 2 aromatic heterocycles. The monoisotopic (exact) mass is 434 g/mol. The van der Waals surface area contributed by atoms with Crippen molar-refractivity contribution >= 4 is 13.5 Å². The van der Waals surface area contributed by atoms with Crippen LogP contribution in [0.4, 0.5) is 0 Å². The number of hydrogen-bond donors (Lipinski definition) is 0. The van der Waals surface area contributed by atoms with Crippen LogP contribution in [0.2, 0.25) is 0 Å². The normalized spacial score (nSPS) is 19.2. The zero-order chi connectivity index (χ0) is 19.5. The molecule has 30 heavy (non-hydrogen) atoms. The van der Waals surface area contributed by atoms with E-state index in [0.717, 1.165) is 42.5 Å². The van der Waals surface area contributed by atoms with Crippen LogP contribution in [0.1, 0.15) is 50.4 Å². The molecule has 0 spiro atoms. The number of aryl methyl sites for hydroxylation is 2. The van der Waals surface area contributed by atoms with Crippen LogP contribution < -0.4 is 14.2 Å². The SMILES string of the molecule is C.Cc1cc(OC[C@H]2CCCN([C@@H](C)c3ccc4c(n3)OCCO4)C2)nc(C)n1.S. The van der Waals surface area contributed by atoms with Gasteiger partial charge in [0.25, 0.3) is 5.88 Å². The summed E-state index contributed by atoms with van der Waals surface area (Å²) in [5, 5.41) is 0. The summed E-state index contributed by atoms with van der Waals surface area (Å²) < 4.78 is 17.2. The van der Waals surface area contributed by atoms with E-state index in [0.29, 0.717) is 37.5 Å². The van der Waals surface area contributed by atoms with Gasteiger partial charge in [0, 0.05) is 30.3 Å². The molecule has 4 heterocycles. The molecule has 2 aliphatic heterocycles. The van der Waals surface area contributed by atoms with Gasteiger partial charge in [0.1, 0.15) is 19.0 Å². The van der Waals surface area contributed by atoms with Crippen molar-refractivity contribution in [2.75, 3.05) is 32.9 Å². The van der Waals surface area contributed by atoms with E-state index in [9.17, 15) is 0 Å². The van der Waals surface area contributed by atoms with Crippen molar-refractivity contribution in [3.8, 4) is 17.5 Å². The van der Waals surface area contributed by atoms with Crippen LogP contribution in [-0.2, 0) is 0 Å². The van der Waals surface area contributed by atoms with Crippen LogP contribution in [0.3, 0.4) is 0 Å². The molecule has 0 amide bonds. The van der Waals surface area contributed by atoms with E-state index in [-0.39, 0.29) is 27.0 Å². The summed E-state index contributed by atoms with van der Waals surface area (Å²) in [6.45, 7) is 9.94. The number of ether oxygens (including phenoxy) is 3. The van der Waals surface area contributed by atoms with E-state index >= 15 is 0 Å². The second-order valence-electron chi connectivity index (χ2n) is 7.62. The van der Waals surface area contributed by atoms with Crippen LogP contribution in [-0.4, -0.2) is 52.8 Å². The first-order chi connectivity index (χ1) is 13.6. The molecule has 2 atom stereocenters. The summed E-state index contributed by atoms with van der Waals surface area (Å²) in [5.74, 6) is 3.25. The van der Waals surface area contributed by atoms with Gasteiger partial charge < -0.3 is 14.2 Å². The van der Waals surface area contributed by atoms with Gasteiger partial charge in [-0.05, 0) is 52.3 Å². The van der Waals surface area contributed by atoms with Crippen LogP contribution >= 0.6 is 13.5 Å². The predicted octanol–water partition coefficient (Wildman–Crippen LogP) is 3.86. The minimum atomic E-state index is 0. The van der Waals surface area contributed by atoms with E-state index in [1.54, 1.807) is 0 Å². The number of aromatic nitrogens is 3. The number of nitrogens with zero attached hydrogens (tertiary/aromatic N) is 4. The standard InChI is InChI=1S/C21H28N4O3.CH4.H2S/c1-14-11-20(23-16(3)22-14)28-13-17-5-4-8-25(12-17)15(2)18-6-7-19-21(24-18)27-10-9-26-19;;/h6-7,11,15,17H,4-5,8-10,12-13H2,1-3H3;1H4;1H2/t15-,17-;;/m0../s1. The fourth-order valence-corrected chi connectivity index (χ4v) is 3.91. The zero-order valence-corrected chi connectivity index (χ0v) is 18.4. The van der Waals surface area contributed by atoms with E-state index in [4.69, 9.17) is 14.2 Å². The second-order valence-corrected chi connectivity index (χ2v) is 7.62. The average molecular weight is 435 g/mol. The maximum atomic E-state index is 5.99. The zero-order valence-electron chi connectivity index (χ0n) is 17.4. The van der Waals surface area contributed by atoms with Gasteiger partial charge in [0.15, 0.2) is 5.75 Å². The molecular weight excluding hydrogens is 400 g/mol. The van der Waals surface area contributed by atoms with Crippen molar-refractivity contribution in [3.63, 3.8) is 0 Å². The number of fused-ring (bicyclic) bond motifs is 1. The van der Waals surface area contributed by atoms with Crippen LogP contribution in [0.25, 0.3) is 0 Å². The summed E-state index contributed by atoms with van der Waals surface area (Å²) >= 11 is 0. The Morgan fingerprint density at radius 1 is 1.17 bits per heavy atom. The molecule has 2 aromatic rings. The minimum absolute atomic E-state index is 0. The van der Waals surface area contributed by atoms with E-state index < -0.39 is 0 Å². The fourth-order valence-electron chi connectivity index (χ4n) is 3.91. The van der Waals surface area contributed by atoms with Crippen molar-refractivity contribution in [1.82, 2.24) is 19.9 Å². The lowest BCUT2D eigenvalue weighted by Crippen LogP contribution is -2.39. The molecule has 1 fully saturated rings. The lowest BCUT2D eigenvalue weighted by atomic mass is 9.97. The summed E-state index contributed by atoms with van der Waals surface area (Å²) in [6.07, 6.45) is 2.32. The molecule has 0 radical (unpaired) electrons. The van der Waals surface area contributed by atoms with Crippen LogP contribution in [0.5, 0.6) is 17.5 Å². The maximum absolute atomic E-state index is 5.99. The highest BCUT2D eigenvalue weighted by atomic mass is 32.1. The Morgan fingerprint density at radius 3 is 2.77 bits per heavy atom. The fraction of sp³-hybridized carbons (Fsp3) is 0.591. The van der Waals surface area contributed by atoms with Gasteiger partial charge in [-0.1, -0.05) is 7.43 Å². The Kier molecular flexibility index (Phi) is 8.73. The molecule has 0 aromatic carbocycles. The van der Waals surface area contributed by atoms with Crippen LogP contribution in [0.15, 0.2) is 18.2 Å². The molecule has 7 nitrogen and oxygen atoms in total. The molecule has 0 bridgehead atoms. The van der Waals surface area contributed by atoms with Gasteiger partial charge >= 0.3 is 0 Å². The molecule has 0 unspecified atom stereocenters. The number of hydrogen-bond acceptors (Lipinski definition) is 7. The largest absolute Gasteiger partial charge is 0.484 e. The molecule has 8 heteroatoms. The molecule has 166 valence electrons. The van der Waals surface area contributed by atoms with Gasteiger partial charge in [-0.25, -0.2) is 9.97 Å². The summed E-state index contributed by atoms with van der Waals surface area (Å²) in [5.41, 5.74) is 1.96. The van der Waals surface area contributed by atoms with Crippen molar-refractivity contribution in [1.29, 1.82) is 0 Å². The Bertz CT molecular complexity index is 816. The van der Waals surface area contributed by atoms with E-state index in [2.05, 4.69) is 26.8 Å². The minimum Gasteiger partial charge on any atom is -0.484 e. The molecule has 4 rings (SSSR count). The lowest BCUT2D eigenvalue weighted by molar-refractivity contribution is 0.0966. The van der Waals surface area contributed by atoms with Gasteiger partial charge in [-0.15, -0.1) is 0 Å². The van der Waals surface area contributed by atoms with E-state index in [1.165, 1.54) is 6.42 Å². The number of likely N-dealkylation sites (tertiary alicyclic amines) is 1. The Labute approximate surface area is 186 Å². The van der Waals surface area contributed by atoms with E-state index in [1.807, 2.05) is 32.0 Å². The van der Waals surface area contributed by atoms with Gasteiger partial charge in [-0.2, -0.15) is 18.5 Å². The highest BCUT2D eigenvalue weighted by molar-refractivity contribution is 7.59. The molecule has 0 aliphatic carbocycles. The summed E-state index contributed by atoms with van der Waals surface area (Å²) in [4.78, 5) is 15.8. The van der Waals surface area contributed by atoms with Crippen molar-refractivity contribution in [2.24, 2.45) is 5.92 Å². The maximum Gasteiger partial charge on any atom is 0.257 e. The highest BCUT2D eigenvalue weighted by Gasteiger charge is 2.26. The molecule has 0 saturated carbocycles. The Balaban J connectivity index is 0.00000160. The Morgan fingerprint density at radius 2 is 1.97 bits per heavy atom. The number of pyridine rings is 1. The third kappa shape index (κ3) is 5.76. The summed E-state index contributed by atoms with van der Waals surface area (Å²) in [6, 6.07) is 6.14. The second kappa shape index (κ2) is 10.8. The third-order valence-electron chi connectivity index (χ3n) is 5.36. The van der Waals surface area contributed by atoms with Crippen LogP contribution in [0, 0.1) is 19.8 Å². The van der Waals surface area contributed by atoms with Gasteiger partial charge in [-0.3, -0.25) is 4.90 Å². The first kappa shape index (κ1) is 24.2. The predicted molar refractivity (Wildman–Crippen MR) is 122 cm³/mol. The van der Waals surface area contributed by atoms with Crippen molar-refractivity contribution in [3.05, 3.63) is 35.4 Å². The lowest BCUT2D eigenvalue weighted by Gasteiger charge is -2.36.